The molecular weight excluding hydrogens is 314 g/mol. The van der Waals surface area contributed by atoms with Gasteiger partial charge in [0.15, 0.2) is 0 Å². The Labute approximate surface area is 138 Å². The lowest BCUT2D eigenvalue weighted by Gasteiger charge is -2.31. The minimum Gasteiger partial charge on any atom is -0.467 e. The van der Waals surface area contributed by atoms with Crippen LogP contribution in [-0.4, -0.2) is 29.9 Å². The maximum atomic E-state index is 12.3. The lowest BCUT2D eigenvalue weighted by Crippen LogP contribution is -2.46. The molecule has 1 fully saturated rings. The maximum Gasteiger partial charge on any atom is 0.322 e. The smallest absolute Gasteiger partial charge is 0.322 e. The van der Waals surface area contributed by atoms with Crippen molar-refractivity contribution in [2.45, 2.75) is 19.4 Å². The number of hydrogen-bond donors (Lipinski definition) is 2. The predicted molar refractivity (Wildman–Crippen MR) is 88.2 cm³/mol. The van der Waals surface area contributed by atoms with Gasteiger partial charge in [-0.2, -0.15) is 0 Å². The highest BCUT2D eigenvalue weighted by Crippen LogP contribution is 2.20. The molecule has 0 spiro atoms. The first kappa shape index (κ1) is 15.6. The highest BCUT2D eigenvalue weighted by Gasteiger charge is 2.28. The number of nitrogens with one attached hydrogen (secondary N) is 2. The highest BCUT2D eigenvalue weighted by molar-refractivity contribution is 7.14. The second-order valence-electron chi connectivity index (χ2n) is 5.49. The summed E-state index contributed by atoms with van der Waals surface area (Å²) in [5.41, 5.74) is 0. The van der Waals surface area contributed by atoms with Gasteiger partial charge in [0.2, 0.25) is 5.91 Å². The number of thiophene rings is 1. The first-order valence-electron chi connectivity index (χ1n) is 7.62. The monoisotopic (exact) mass is 333 g/mol. The van der Waals surface area contributed by atoms with Crippen LogP contribution in [0.5, 0.6) is 0 Å². The van der Waals surface area contributed by atoms with Crippen LogP contribution in [0.3, 0.4) is 0 Å². The lowest BCUT2D eigenvalue weighted by molar-refractivity contribution is -0.126. The largest absolute Gasteiger partial charge is 0.467 e. The highest BCUT2D eigenvalue weighted by atomic mass is 32.1. The van der Waals surface area contributed by atoms with Crippen molar-refractivity contribution in [3.63, 3.8) is 0 Å². The summed E-state index contributed by atoms with van der Waals surface area (Å²) < 4.78 is 5.20. The molecule has 0 bridgehead atoms. The lowest BCUT2D eigenvalue weighted by atomic mass is 9.97. The molecule has 0 saturated carbocycles. The zero-order valence-corrected chi connectivity index (χ0v) is 13.5. The maximum absolute atomic E-state index is 12.3. The third-order valence-corrected chi connectivity index (χ3v) is 4.63. The predicted octanol–water partition coefficient (Wildman–Crippen LogP) is 2.90. The van der Waals surface area contributed by atoms with Gasteiger partial charge in [0.05, 0.1) is 23.7 Å². The first-order valence-corrected chi connectivity index (χ1v) is 8.50. The number of nitrogens with zero attached hydrogens (tertiary/aromatic N) is 1. The summed E-state index contributed by atoms with van der Waals surface area (Å²) in [5.74, 6) is 0.518. The number of anilines is 1. The molecule has 1 aliphatic heterocycles. The van der Waals surface area contributed by atoms with Gasteiger partial charge in [-0.05, 0) is 42.5 Å². The van der Waals surface area contributed by atoms with Crippen LogP contribution in [0.2, 0.25) is 0 Å². The van der Waals surface area contributed by atoms with E-state index in [9.17, 15) is 9.59 Å². The summed E-state index contributed by atoms with van der Waals surface area (Å²) in [6.07, 6.45) is 3.21. The Morgan fingerprint density at radius 3 is 3.00 bits per heavy atom. The number of carbonyl (C=O) groups is 2. The van der Waals surface area contributed by atoms with E-state index in [1.54, 1.807) is 17.2 Å². The molecule has 3 heterocycles. The van der Waals surface area contributed by atoms with E-state index in [1.807, 2.05) is 23.6 Å². The van der Waals surface area contributed by atoms with Crippen LogP contribution in [0.25, 0.3) is 0 Å². The zero-order valence-electron chi connectivity index (χ0n) is 12.7. The summed E-state index contributed by atoms with van der Waals surface area (Å²) in [5, 5.41) is 8.47. The van der Waals surface area contributed by atoms with Crippen molar-refractivity contribution < 1.29 is 14.0 Å². The normalized spacial score (nSPS) is 17.7. The first-order chi connectivity index (χ1) is 11.2. The molecule has 23 heavy (non-hydrogen) atoms. The molecule has 0 aromatic carbocycles. The summed E-state index contributed by atoms with van der Waals surface area (Å²) >= 11 is 1.48. The molecule has 3 amide bonds. The van der Waals surface area contributed by atoms with Gasteiger partial charge in [0.25, 0.3) is 0 Å². The van der Waals surface area contributed by atoms with Gasteiger partial charge >= 0.3 is 6.03 Å². The number of carbonyl (C=O) groups excluding carboxylic acids is 2. The fourth-order valence-corrected chi connectivity index (χ4v) is 3.25. The minimum atomic E-state index is -0.173. The Balaban J connectivity index is 1.50. The molecule has 2 aromatic rings. The van der Waals surface area contributed by atoms with Crippen LogP contribution in [0.15, 0.2) is 40.3 Å². The van der Waals surface area contributed by atoms with E-state index >= 15 is 0 Å². The van der Waals surface area contributed by atoms with Crippen molar-refractivity contribution in [3.05, 3.63) is 41.7 Å². The molecule has 0 radical (unpaired) electrons. The molecule has 2 N–H and O–H groups in total. The molecule has 1 aliphatic rings. The molecule has 0 unspecified atom stereocenters. The van der Waals surface area contributed by atoms with E-state index in [2.05, 4.69) is 10.6 Å². The van der Waals surface area contributed by atoms with Crippen molar-refractivity contribution in [2.75, 3.05) is 18.4 Å². The average Bonchev–Trinajstić information content (AvgIpc) is 3.26. The Morgan fingerprint density at radius 1 is 1.35 bits per heavy atom. The Kier molecular flexibility index (Phi) is 4.97. The number of hydrogen-bond acceptors (Lipinski definition) is 4. The second kappa shape index (κ2) is 7.32. The van der Waals surface area contributed by atoms with E-state index in [4.69, 9.17) is 4.42 Å². The van der Waals surface area contributed by atoms with Gasteiger partial charge < -0.3 is 14.6 Å². The number of likely N-dealkylation sites (tertiary alicyclic amines) is 1. The molecular formula is C16H19N3O3S. The molecule has 3 rings (SSSR count). The average molecular weight is 333 g/mol. The third-order valence-electron chi connectivity index (χ3n) is 3.85. The summed E-state index contributed by atoms with van der Waals surface area (Å²) in [6, 6.07) is 7.22. The van der Waals surface area contributed by atoms with Gasteiger partial charge in [0.1, 0.15) is 5.76 Å². The van der Waals surface area contributed by atoms with Crippen molar-refractivity contribution in [2.24, 2.45) is 5.92 Å². The number of rotatable bonds is 4. The Morgan fingerprint density at radius 2 is 2.26 bits per heavy atom. The van der Waals surface area contributed by atoms with E-state index in [1.165, 1.54) is 11.3 Å². The fourth-order valence-electron chi connectivity index (χ4n) is 2.64. The van der Waals surface area contributed by atoms with E-state index in [-0.39, 0.29) is 17.9 Å². The van der Waals surface area contributed by atoms with Crippen LogP contribution in [0.4, 0.5) is 9.80 Å². The van der Waals surface area contributed by atoms with Crippen LogP contribution in [0.1, 0.15) is 18.6 Å². The van der Waals surface area contributed by atoms with Crippen LogP contribution in [0, 0.1) is 5.92 Å². The van der Waals surface area contributed by atoms with Gasteiger partial charge in [-0.15, -0.1) is 11.3 Å². The number of amides is 3. The topological polar surface area (TPSA) is 74.6 Å². The Bertz CT molecular complexity index is 640. The molecule has 7 heteroatoms. The van der Waals surface area contributed by atoms with Crippen molar-refractivity contribution in [1.82, 2.24) is 10.2 Å². The van der Waals surface area contributed by atoms with Crippen LogP contribution < -0.4 is 10.6 Å². The van der Waals surface area contributed by atoms with E-state index in [0.717, 1.165) is 23.6 Å². The molecule has 1 atom stereocenters. The van der Waals surface area contributed by atoms with Gasteiger partial charge in [-0.1, -0.05) is 0 Å². The molecule has 6 nitrogen and oxygen atoms in total. The fraction of sp³-hybridized carbons (Fsp3) is 0.375. The van der Waals surface area contributed by atoms with Crippen LogP contribution in [-0.2, 0) is 11.3 Å². The Hall–Kier alpha value is -2.28. The molecule has 122 valence electrons. The van der Waals surface area contributed by atoms with Crippen LogP contribution >= 0.6 is 11.3 Å². The minimum absolute atomic E-state index is 0.0324. The summed E-state index contributed by atoms with van der Waals surface area (Å²) in [4.78, 5) is 26.2. The zero-order chi connectivity index (χ0) is 16.1. The quantitative estimate of drug-likeness (QED) is 0.903. The molecule has 1 saturated heterocycles. The van der Waals surface area contributed by atoms with E-state index < -0.39 is 0 Å². The summed E-state index contributed by atoms with van der Waals surface area (Å²) in [7, 11) is 0. The molecule has 2 aromatic heterocycles. The second-order valence-corrected chi connectivity index (χ2v) is 6.44. The summed E-state index contributed by atoms with van der Waals surface area (Å²) in [6.45, 7) is 1.50. The number of urea groups is 1. The van der Waals surface area contributed by atoms with Gasteiger partial charge in [0, 0.05) is 13.1 Å². The van der Waals surface area contributed by atoms with E-state index in [0.29, 0.717) is 19.6 Å². The van der Waals surface area contributed by atoms with Crippen molar-refractivity contribution in [1.29, 1.82) is 0 Å². The number of furan rings is 1. The van der Waals surface area contributed by atoms with Gasteiger partial charge in [-0.25, -0.2) is 4.79 Å². The number of piperidine rings is 1. The van der Waals surface area contributed by atoms with Crippen molar-refractivity contribution in [3.8, 4) is 0 Å². The van der Waals surface area contributed by atoms with Crippen molar-refractivity contribution >= 4 is 28.3 Å². The SMILES string of the molecule is O=C(NCc1ccco1)[C@H]1CCCN(C(=O)Nc2cccs2)C1. The van der Waals surface area contributed by atoms with Gasteiger partial charge in [-0.3, -0.25) is 10.1 Å². The standard InChI is InChI=1S/C16H19N3O3S/c20-15(17-10-13-5-2-8-22-13)12-4-1-7-19(11-12)16(21)18-14-6-3-9-23-14/h2-3,5-6,8-9,12H,1,4,7,10-11H2,(H,17,20)(H,18,21)/t12-/m0/s1. The molecule has 0 aliphatic carbocycles. The third kappa shape index (κ3) is 4.13.